The summed E-state index contributed by atoms with van der Waals surface area (Å²) in [7, 11) is 0. The third kappa shape index (κ3) is 5.56. The maximum absolute atomic E-state index is 6.65. The lowest BCUT2D eigenvalue weighted by Crippen LogP contribution is -2.29. The Kier molecular flexibility index (Phi) is 8.38. The molecule has 0 amide bonds. The van der Waals surface area contributed by atoms with Crippen LogP contribution in [0.1, 0.15) is 58.4 Å². The molecule has 12 aromatic rings. The maximum atomic E-state index is 6.65. The molecule has 3 heteroatoms. The smallest absolute Gasteiger partial charge is 0.143 e. The predicted molar refractivity (Wildman–Crippen MR) is 285 cm³/mol. The predicted octanol–water partition coefficient (Wildman–Crippen LogP) is 17.9. The van der Waals surface area contributed by atoms with E-state index in [1.165, 1.54) is 66.8 Å². The Hall–Kier alpha value is -8.40. The minimum atomic E-state index is -0.649. The molecule has 0 saturated heterocycles. The van der Waals surface area contributed by atoms with E-state index in [0.29, 0.717) is 0 Å². The number of furan rings is 2. The number of aryl methyl sites for hydroxylation is 2. The zero-order valence-corrected chi connectivity index (χ0v) is 39.0. The van der Waals surface area contributed by atoms with Gasteiger partial charge >= 0.3 is 0 Å². The standard InChI is InChI=1S/C66H47NO2/c1-40-28-34-50-55(36-40)66(43-16-6-5-7-17-43,44-31-29-42(30-32-44)46-21-14-22-49-48-19-9-12-25-59(48)69-64(46)49)56-37-41(2)38-58(62(50)56)67(57-24-15-27-61-63(57)51-20-10-13-26-60(51)68-61)45-33-35-54-52(39-45)47-18-8-11-23-53(47)65(54,3)4/h5-39H,1-4H3. The molecule has 0 saturated carbocycles. The van der Waals surface area contributed by atoms with E-state index in [1.807, 2.05) is 6.07 Å². The zero-order chi connectivity index (χ0) is 46.2. The summed E-state index contributed by atoms with van der Waals surface area (Å²) < 4.78 is 13.2. The number of hydrogen-bond donors (Lipinski definition) is 0. The van der Waals surface area contributed by atoms with E-state index in [2.05, 4.69) is 239 Å². The Labute approximate surface area is 401 Å². The molecule has 0 spiro atoms. The van der Waals surface area contributed by atoms with Gasteiger partial charge in [-0.3, -0.25) is 0 Å². The van der Waals surface area contributed by atoms with Crippen LogP contribution in [0.25, 0.3) is 77.3 Å². The quantitative estimate of drug-likeness (QED) is 0.167. The summed E-state index contributed by atoms with van der Waals surface area (Å²) in [5, 5.41) is 4.45. The van der Waals surface area contributed by atoms with Crippen LogP contribution in [0.3, 0.4) is 0 Å². The average Bonchev–Trinajstić information content (AvgIpc) is 4.10. The Morgan fingerprint density at radius 2 is 1.04 bits per heavy atom. The molecule has 2 aliphatic rings. The Morgan fingerprint density at radius 3 is 1.88 bits per heavy atom. The van der Waals surface area contributed by atoms with Gasteiger partial charge in [0.25, 0.3) is 0 Å². The Morgan fingerprint density at radius 1 is 0.391 bits per heavy atom. The molecule has 3 nitrogen and oxygen atoms in total. The lowest BCUT2D eigenvalue weighted by atomic mass is 9.67. The van der Waals surface area contributed by atoms with Crippen LogP contribution in [-0.4, -0.2) is 0 Å². The summed E-state index contributed by atoms with van der Waals surface area (Å²) in [5.41, 5.74) is 23.4. The van der Waals surface area contributed by atoms with Gasteiger partial charge in [0.05, 0.1) is 22.2 Å². The van der Waals surface area contributed by atoms with Crippen LogP contribution in [0.15, 0.2) is 221 Å². The van der Waals surface area contributed by atoms with Crippen molar-refractivity contribution in [3.63, 3.8) is 0 Å². The molecule has 0 radical (unpaired) electrons. The fourth-order valence-corrected chi connectivity index (χ4v) is 12.4. The first-order valence-corrected chi connectivity index (χ1v) is 24.1. The molecule has 1 atom stereocenters. The summed E-state index contributed by atoms with van der Waals surface area (Å²) in [5.74, 6) is 0. The van der Waals surface area contributed by atoms with E-state index in [9.17, 15) is 0 Å². The normalized spacial score (nSPS) is 15.4. The number of benzene rings is 10. The van der Waals surface area contributed by atoms with Gasteiger partial charge in [0.1, 0.15) is 22.3 Å². The van der Waals surface area contributed by atoms with Gasteiger partial charge < -0.3 is 13.7 Å². The maximum Gasteiger partial charge on any atom is 0.143 e. The summed E-state index contributed by atoms with van der Waals surface area (Å²) in [6.07, 6.45) is 0. The first-order chi connectivity index (χ1) is 33.8. The molecule has 328 valence electrons. The molecule has 69 heavy (non-hydrogen) atoms. The van der Waals surface area contributed by atoms with E-state index >= 15 is 0 Å². The van der Waals surface area contributed by atoms with Gasteiger partial charge in [0.2, 0.25) is 0 Å². The first kappa shape index (κ1) is 39.7. The van der Waals surface area contributed by atoms with E-state index in [-0.39, 0.29) is 5.41 Å². The van der Waals surface area contributed by atoms with Gasteiger partial charge in [0, 0.05) is 38.4 Å². The van der Waals surface area contributed by atoms with Crippen molar-refractivity contribution in [2.24, 2.45) is 0 Å². The van der Waals surface area contributed by atoms with E-state index in [1.54, 1.807) is 0 Å². The van der Waals surface area contributed by atoms with Crippen molar-refractivity contribution in [3.8, 4) is 33.4 Å². The Balaban J connectivity index is 1.06. The van der Waals surface area contributed by atoms with Crippen LogP contribution in [0.4, 0.5) is 17.1 Å². The average molecular weight is 886 g/mol. The molecule has 1 unspecified atom stereocenters. The van der Waals surface area contributed by atoms with Gasteiger partial charge in [-0.25, -0.2) is 0 Å². The van der Waals surface area contributed by atoms with Crippen molar-refractivity contribution in [2.45, 2.75) is 38.5 Å². The van der Waals surface area contributed by atoms with Crippen molar-refractivity contribution in [1.82, 2.24) is 0 Å². The number of para-hydroxylation sites is 3. The fraction of sp³-hybridized carbons (Fsp3) is 0.0909. The zero-order valence-electron chi connectivity index (χ0n) is 39.0. The molecule has 0 fully saturated rings. The topological polar surface area (TPSA) is 29.5 Å². The summed E-state index contributed by atoms with van der Waals surface area (Å²) >= 11 is 0. The highest BCUT2D eigenvalue weighted by molar-refractivity contribution is 6.15. The molecule has 0 aliphatic heterocycles. The molecule has 2 aromatic heterocycles. The van der Waals surface area contributed by atoms with Crippen molar-refractivity contribution in [1.29, 1.82) is 0 Å². The molecule has 0 bridgehead atoms. The van der Waals surface area contributed by atoms with Gasteiger partial charge in [-0.2, -0.15) is 0 Å². The molecular weight excluding hydrogens is 839 g/mol. The van der Waals surface area contributed by atoms with Gasteiger partial charge in [-0.15, -0.1) is 0 Å². The van der Waals surface area contributed by atoms with Crippen molar-refractivity contribution in [3.05, 3.63) is 257 Å². The number of fused-ring (bicyclic) bond motifs is 12. The second kappa shape index (κ2) is 14.6. The van der Waals surface area contributed by atoms with Crippen molar-refractivity contribution in [2.75, 3.05) is 4.90 Å². The second-order valence-corrected chi connectivity index (χ2v) is 19.7. The number of hydrogen-bond acceptors (Lipinski definition) is 3. The van der Waals surface area contributed by atoms with E-state index in [4.69, 9.17) is 8.83 Å². The SMILES string of the molecule is Cc1ccc2c(c1)C(c1ccccc1)(c1ccc(-c3cccc4c3oc3ccccc34)cc1)c1cc(C)cc(N(c3ccc4c(c3)-c3ccccc3C4(C)C)c3cccc4oc5ccccc5c34)c1-2. The minimum absolute atomic E-state index is 0.124. The van der Waals surface area contributed by atoms with Crippen LogP contribution in [-0.2, 0) is 10.8 Å². The molecular formula is C66H47NO2. The highest BCUT2D eigenvalue weighted by Crippen LogP contribution is 2.61. The van der Waals surface area contributed by atoms with Crippen molar-refractivity contribution >= 4 is 60.9 Å². The van der Waals surface area contributed by atoms with Crippen molar-refractivity contribution < 1.29 is 8.83 Å². The highest BCUT2D eigenvalue weighted by Gasteiger charge is 2.48. The van der Waals surface area contributed by atoms with Crippen LogP contribution < -0.4 is 4.90 Å². The van der Waals surface area contributed by atoms with Gasteiger partial charge in [-0.1, -0.05) is 189 Å². The van der Waals surface area contributed by atoms with Gasteiger partial charge in [-0.05, 0) is 118 Å². The number of rotatable bonds is 6. The fourth-order valence-electron chi connectivity index (χ4n) is 12.4. The van der Waals surface area contributed by atoms with E-state index < -0.39 is 5.41 Å². The van der Waals surface area contributed by atoms with Crippen LogP contribution in [0.5, 0.6) is 0 Å². The minimum Gasteiger partial charge on any atom is -0.456 e. The molecule has 2 aliphatic carbocycles. The van der Waals surface area contributed by atoms with Gasteiger partial charge in [0.15, 0.2) is 0 Å². The molecule has 2 heterocycles. The lowest BCUT2D eigenvalue weighted by molar-refractivity contribution is 0.660. The van der Waals surface area contributed by atoms with Crippen LogP contribution in [0, 0.1) is 13.8 Å². The molecule has 10 aromatic carbocycles. The molecule has 0 N–H and O–H groups in total. The number of nitrogens with zero attached hydrogens (tertiary/aromatic N) is 1. The third-order valence-corrected chi connectivity index (χ3v) is 15.4. The highest BCUT2D eigenvalue weighted by atomic mass is 16.3. The Bertz CT molecular complexity index is 4080. The summed E-state index contributed by atoms with van der Waals surface area (Å²) in [6.45, 7) is 9.20. The molecule has 14 rings (SSSR count). The monoisotopic (exact) mass is 885 g/mol. The summed E-state index contributed by atoms with van der Waals surface area (Å²) in [6, 6.07) is 78.4. The first-order valence-electron chi connectivity index (χ1n) is 24.1. The summed E-state index contributed by atoms with van der Waals surface area (Å²) in [4.78, 5) is 2.53. The number of anilines is 3. The van der Waals surface area contributed by atoms with E-state index in [0.717, 1.165) is 72.1 Å². The largest absolute Gasteiger partial charge is 0.456 e. The lowest BCUT2D eigenvalue weighted by Gasteiger charge is -2.35. The van der Waals surface area contributed by atoms with Crippen LogP contribution >= 0.6 is 0 Å². The third-order valence-electron chi connectivity index (χ3n) is 15.4. The van der Waals surface area contributed by atoms with Crippen LogP contribution in [0.2, 0.25) is 0 Å². The second-order valence-electron chi connectivity index (χ2n) is 19.7.